The highest BCUT2D eigenvalue weighted by molar-refractivity contribution is 5.95. The van der Waals surface area contributed by atoms with Gasteiger partial charge in [0.05, 0.1) is 35.6 Å². The number of nitrogens with zero attached hydrogens (tertiary/aromatic N) is 3. The van der Waals surface area contributed by atoms with E-state index in [-0.39, 0.29) is 50.4 Å². The lowest BCUT2D eigenvalue weighted by Gasteiger charge is -2.63. The average Bonchev–Trinajstić information content (AvgIpc) is 3.92. The molecule has 0 radical (unpaired) electrons. The number of aliphatic hydroxyl groups excluding tert-OH is 1. The molecule has 3 aromatic carbocycles. The van der Waals surface area contributed by atoms with Crippen molar-refractivity contribution in [1.29, 1.82) is 5.26 Å². The third-order valence-electron chi connectivity index (χ3n) is 12.8. The molecular weight excluding hydrogens is 898 g/mol. The Morgan fingerprint density at radius 1 is 0.957 bits per heavy atom. The summed E-state index contributed by atoms with van der Waals surface area (Å²) in [6.45, 7) is 15.2. The van der Waals surface area contributed by atoms with Gasteiger partial charge in [0.15, 0.2) is 12.2 Å². The Kier molecular flexibility index (Phi) is 15.8. The monoisotopic (exact) mass is 958 g/mol. The first-order valence-corrected chi connectivity index (χ1v) is 22.9. The lowest BCUT2D eigenvalue weighted by Crippen LogP contribution is -2.74. The van der Waals surface area contributed by atoms with Crippen LogP contribution < -0.4 is 25.4 Å². The van der Waals surface area contributed by atoms with Gasteiger partial charge in [0.1, 0.15) is 36.3 Å². The van der Waals surface area contributed by atoms with Crippen LogP contribution in [0.3, 0.4) is 0 Å². The van der Waals surface area contributed by atoms with Gasteiger partial charge in [-0.05, 0) is 73.2 Å². The Hall–Kier alpha value is -6.45. The molecular formula is C51H61F3N6O9. The van der Waals surface area contributed by atoms with Crippen molar-refractivity contribution in [1.82, 2.24) is 25.8 Å². The van der Waals surface area contributed by atoms with Crippen LogP contribution in [-0.4, -0.2) is 95.3 Å². The van der Waals surface area contributed by atoms with Gasteiger partial charge < -0.3 is 44.6 Å². The number of rotatable bonds is 18. The number of nitrogens with one attached hydrogen (secondary N) is 3. The van der Waals surface area contributed by atoms with E-state index in [0.29, 0.717) is 36.5 Å². The minimum absolute atomic E-state index is 0.0156. The Bertz CT molecular complexity index is 2500. The number of aryl methyl sites for hydroxylation is 1. The molecule has 1 saturated carbocycles. The van der Waals surface area contributed by atoms with Gasteiger partial charge in [-0.2, -0.15) is 18.4 Å². The first-order chi connectivity index (χ1) is 32.4. The number of oxazole rings is 1. The van der Waals surface area contributed by atoms with Gasteiger partial charge in [-0.15, -0.1) is 0 Å². The molecule has 69 heavy (non-hydrogen) atoms. The van der Waals surface area contributed by atoms with Crippen molar-refractivity contribution in [2.24, 2.45) is 16.2 Å². The number of ether oxygens (including phenoxy) is 3. The molecule has 2 heterocycles. The zero-order chi connectivity index (χ0) is 50.5. The zero-order valence-corrected chi connectivity index (χ0v) is 40.2. The number of carbonyl (C=O) groups excluding carboxylic acids is 4. The maximum Gasteiger partial charge on any atom is 0.417 e. The van der Waals surface area contributed by atoms with Crippen LogP contribution in [0, 0.1) is 34.5 Å². The molecule has 15 nitrogen and oxygen atoms in total. The van der Waals surface area contributed by atoms with Gasteiger partial charge in [-0.3, -0.25) is 19.2 Å². The second kappa shape index (κ2) is 21.0. The summed E-state index contributed by atoms with van der Waals surface area (Å²) in [5.41, 5.74) is -0.783. The number of likely N-dealkylation sites (tertiary alicyclic amines) is 1. The maximum atomic E-state index is 14.0. The maximum absolute atomic E-state index is 14.0. The number of hydrogen-bond acceptors (Lipinski definition) is 11. The zero-order valence-electron chi connectivity index (χ0n) is 40.2. The highest BCUT2D eigenvalue weighted by atomic mass is 19.4. The molecule has 6 rings (SSSR count). The smallest absolute Gasteiger partial charge is 0.417 e. The quantitative estimate of drug-likeness (QED) is 0.0738. The van der Waals surface area contributed by atoms with E-state index in [1.807, 2.05) is 58.9 Å². The number of hydrogen-bond donors (Lipinski definition) is 4. The fraction of sp³-hybridized carbons (Fsp3) is 0.490. The van der Waals surface area contributed by atoms with Gasteiger partial charge in [-0.1, -0.05) is 72.7 Å². The predicted molar refractivity (Wildman–Crippen MR) is 247 cm³/mol. The third-order valence-corrected chi connectivity index (χ3v) is 12.8. The van der Waals surface area contributed by atoms with Crippen molar-refractivity contribution in [2.75, 3.05) is 26.4 Å². The molecule has 2 aliphatic rings. The fourth-order valence-electron chi connectivity index (χ4n) is 9.43. The number of β-amino-alcohol motifs (C(OH)–C–C–N with tert-alkyl or cyclic N) is 1. The summed E-state index contributed by atoms with van der Waals surface area (Å²) in [6, 6.07) is 16.6. The van der Waals surface area contributed by atoms with Crippen LogP contribution in [0.15, 0.2) is 77.5 Å². The summed E-state index contributed by atoms with van der Waals surface area (Å²) in [5.74, 6) is -0.542. The first-order valence-electron chi connectivity index (χ1n) is 22.9. The third kappa shape index (κ3) is 12.2. The summed E-state index contributed by atoms with van der Waals surface area (Å²) in [6.07, 6.45) is -3.58. The van der Waals surface area contributed by atoms with Crippen LogP contribution in [0.1, 0.15) is 100 Å². The van der Waals surface area contributed by atoms with Crippen LogP contribution in [0.2, 0.25) is 0 Å². The standard InChI is InChI=1S/C51H61F3N6O9/c1-30-41(68-29-57-30)32-13-11-31(12-14-32)26-56-44(64)39-23-35(61)27-60(39)45(65)42(48(2,3)4)58-40(62)28-66-21-9-10-22-67-36-18-15-33(16-19-36)43(63)59-46-49(5,6)47(50(46,7)8)69-37-20-17-34(25-55)38(24-37)51(52,53)54/h11-20,24,29,35,39,42,46-47,61H,9-10,21-23,26-28H2,1-8H3,(H,56,64)(H,58,62)(H,59,63)/t35-,39+,42-,46?,47?/m1/s1. The molecule has 4 N–H and O–H groups in total. The van der Waals surface area contributed by atoms with Crippen molar-refractivity contribution in [3.05, 3.63) is 101 Å². The molecule has 370 valence electrons. The van der Waals surface area contributed by atoms with E-state index in [2.05, 4.69) is 20.9 Å². The molecule has 2 fully saturated rings. The molecule has 18 heteroatoms. The number of alkyl halides is 3. The molecule has 0 bridgehead atoms. The lowest BCUT2D eigenvalue weighted by atomic mass is 9.49. The van der Waals surface area contributed by atoms with E-state index in [1.165, 1.54) is 17.4 Å². The SMILES string of the molecule is Cc1ncoc1-c1ccc(CNC(=O)[C@@H]2C[C@@H](O)CN2C(=O)[C@@H](NC(=O)COCCCCOc2ccc(C(=O)NC3C(C)(C)C(Oc4ccc(C#N)c(C(F)(F)F)c4)C3(C)C)cc2)C(C)(C)C)cc1. The number of aromatic nitrogens is 1. The van der Waals surface area contributed by atoms with Gasteiger partial charge in [0, 0.05) is 54.1 Å². The molecule has 3 atom stereocenters. The van der Waals surface area contributed by atoms with E-state index in [9.17, 15) is 37.5 Å². The summed E-state index contributed by atoms with van der Waals surface area (Å²) < 4.78 is 63.8. The Balaban J connectivity index is 0.903. The topological polar surface area (TPSA) is 205 Å². The Morgan fingerprint density at radius 3 is 2.22 bits per heavy atom. The molecule has 1 aliphatic heterocycles. The van der Waals surface area contributed by atoms with Crippen molar-refractivity contribution < 1.29 is 56.1 Å². The van der Waals surface area contributed by atoms with Gasteiger partial charge in [-0.25, -0.2) is 4.98 Å². The van der Waals surface area contributed by atoms with Gasteiger partial charge >= 0.3 is 6.18 Å². The van der Waals surface area contributed by atoms with Crippen molar-refractivity contribution in [2.45, 2.75) is 118 Å². The van der Waals surface area contributed by atoms with Crippen molar-refractivity contribution >= 4 is 23.6 Å². The molecule has 4 aromatic rings. The summed E-state index contributed by atoms with van der Waals surface area (Å²) in [7, 11) is 0. The minimum Gasteiger partial charge on any atom is -0.494 e. The fourth-order valence-corrected chi connectivity index (χ4v) is 9.43. The number of carbonyl (C=O) groups is 4. The number of halogens is 3. The molecule has 1 aromatic heterocycles. The summed E-state index contributed by atoms with van der Waals surface area (Å²) in [5, 5.41) is 28.4. The number of unbranched alkanes of at least 4 members (excludes halogenated alkanes) is 1. The second-order valence-corrected chi connectivity index (χ2v) is 19.9. The van der Waals surface area contributed by atoms with E-state index < -0.39 is 75.6 Å². The van der Waals surface area contributed by atoms with Gasteiger partial charge in [0.2, 0.25) is 17.7 Å². The molecule has 0 unspecified atom stereocenters. The highest BCUT2D eigenvalue weighted by Crippen LogP contribution is 2.56. The number of nitriles is 1. The largest absolute Gasteiger partial charge is 0.494 e. The van der Waals surface area contributed by atoms with Gasteiger partial charge in [0.25, 0.3) is 5.91 Å². The lowest BCUT2D eigenvalue weighted by molar-refractivity contribution is -0.164. The number of benzene rings is 3. The van der Waals surface area contributed by atoms with E-state index in [1.54, 1.807) is 51.1 Å². The molecule has 4 amide bonds. The first kappa shape index (κ1) is 51.9. The number of aliphatic hydroxyl groups is 1. The van der Waals surface area contributed by atoms with E-state index >= 15 is 0 Å². The number of amides is 4. The van der Waals surface area contributed by atoms with Crippen LogP contribution in [0.5, 0.6) is 11.5 Å². The molecule has 0 spiro atoms. The van der Waals surface area contributed by atoms with Crippen molar-refractivity contribution in [3.63, 3.8) is 0 Å². The van der Waals surface area contributed by atoms with Crippen LogP contribution in [0.4, 0.5) is 13.2 Å². The van der Waals surface area contributed by atoms with Crippen LogP contribution in [0.25, 0.3) is 11.3 Å². The minimum atomic E-state index is -4.72. The molecule has 1 saturated heterocycles. The van der Waals surface area contributed by atoms with E-state index in [0.717, 1.165) is 29.0 Å². The molecule has 1 aliphatic carbocycles. The normalized spacial score (nSPS) is 20.0. The summed E-state index contributed by atoms with van der Waals surface area (Å²) >= 11 is 0. The van der Waals surface area contributed by atoms with Crippen LogP contribution >= 0.6 is 0 Å². The van der Waals surface area contributed by atoms with Crippen LogP contribution in [-0.2, 0) is 31.8 Å². The Morgan fingerprint density at radius 2 is 1.61 bits per heavy atom. The average molecular weight is 959 g/mol. The Labute approximate surface area is 400 Å². The predicted octanol–water partition coefficient (Wildman–Crippen LogP) is 7.14. The summed E-state index contributed by atoms with van der Waals surface area (Å²) in [4.78, 5) is 59.2. The van der Waals surface area contributed by atoms with E-state index in [4.69, 9.17) is 23.9 Å². The second-order valence-electron chi connectivity index (χ2n) is 19.9. The van der Waals surface area contributed by atoms with Crippen molar-refractivity contribution in [3.8, 4) is 28.9 Å². The highest BCUT2D eigenvalue weighted by Gasteiger charge is 2.64.